The van der Waals surface area contributed by atoms with Crippen molar-refractivity contribution in [3.63, 3.8) is 0 Å². The summed E-state index contributed by atoms with van der Waals surface area (Å²) in [6, 6.07) is 10.9. The van der Waals surface area contributed by atoms with Gasteiger partial charge in [0.15, 0.2) is 6.23 Å². The van der Waals surface area contributed by atoms with Crippen molar-refractivity contribution in [3.05, 3.63) is 70.9 Å². The molecule has 0 unspecified atom stereocenters. The number of nitrogens with zero attached hydrogens (tertiary/aromatic N) is 2. The number of methoxy groups -OCH3 is 2. The highest BCUT2D eigenvalue weighted by Gasteiger charge is 2.65. The maximum atomic E-state index is 14.8. The fraction of sp³-hybridized carbons (Fsp3) is 0.250. The van der Waals surface area contributed by atoms with Gasteiger partial charge in [-0.1, -0.05) is 24.3 Å². The van der Waals surface area contributed by atoms with Crippen LogP contribution in [0.4, 0.5) is 24.5 Å². The largest absolute Gasteiger partial charge is 0.497 e. The molecule has 0 bridgehead atoms. The Bertz CT molecular complexity index is 1290. The Labute approximate surface area is 192 Å². The van der Waals surface area contributed by atoms with E-state index in [1.165, 1.54) is 43.3 Å². The molecule has 3 heterocycles. The molecule has 34 heavy (non-hydrogen) atoms. The Morgan fingerprint density at radius 2 is 1.85 bits per heavy atom. The number of anilines is 2. The molecule has 2 atom stereocenters. The van der Waals surface area contributed by atoms with Crippen molar-refractivity contribution < 1.29 is 37.0 Å². The second-order valence-electron chi connectivity index (χ2n) is 7.94. The Hall–Kier alpha value is -3.79. The number of para-hydroxylation sites is 1. The minimum Gasteiger partial charge on any atom is -0.497 e. The second kappa shape index (κ2) is 7.36. The topological polar surface area (TPSA) is 68.3 Å². The molecule has 1 spiro atoms. The molecule has 2 aromatic carbocycles. The Morgan fingerprint density at radius 1 is 1.12 bits per heavy atom. The van der Waals surface area contributed by atoms with Crippen LogP contribution in [-0.2, 0) is 24.7 Å². The molecule has 0 N–H and O–H groups in total. The van der Waals surface area contributed by atoms with Crippen LogP contribution in [0.15, 0.2) is 59.8 Å². The zero-order valence-corrected chi connectivity index (χ0v) is 18.3. The zero-order chi connectivity index (χ0) is 24.4. The molecule has 2 aromatic rings. The lowest BCUT2D eigenvalue weighted by Gasteiger charge is -2.47. The van der Waals surface area contributed by atoms with Crippen molar-refractivity contribution in [2.45, 2.75) is 18.0 Å². The molecule has 10 heteroatoms. The van der Waals surface area contributed by atoms with E-state index in [0.717, 1.165) is 12.0 Å². The highest BCUT2D eigenvalue weighted by molar-refractivity contribution is 6.15. The number of carbonyl (C=O) groups excluding carboxylic acids is 2. The summed E-state index contributed by atoms with van der Waals surface area (Å²) in [4.78, 5) is 28.8. The van der Waals surface area contributed by atoms with Crippen molar-refractivity contribution in [1.82, 2.24) is 0 Å². The summed E-state index contributed by atoms with van der Waals surface area (Å²) in [5, 5.41) is 0. The molecule has 5 rings (SSSR count). The van der Waals surface area contributed by atoms with Gasteiger partial charge in [-0.3, -0.25) is 4.79 Å². The summed E-state index contributed by atoms with van der Waals surface area (Å²) in [7, 11) is 3.76. The Balaban J connectivity index is 1.91. The van der Waals surface area contributed by atoms with Crippen LogP contribution in [-0.4, -0.2) is 45.5 Å². The van der Waals surface area contributed by atoms with E-state index in [2.05, 4.69) is 0 Å². The summed E-state index contributed by atoms with van der Waals surface area (Å²) in [5.74, 6) is -1.88. The van der Waals surface area contributed by atoms with Crippen LogP contribution in [0, 0.1) is 0 Å². The van der Waals surface area contributed by atoms with Crippen LogP contribution >= 0.6 is 0 Å². The van der Waals surface area contributed by atoms with Gasteiger partial charge in [0.2, 0.25) is 5.60 Å². The minimum atomic E-state index is -5.03. The number of amides is 1. The maximum Gasteiger partial charge on any atom is 0.432 e. The molecule has 3 aliphatic heterocycles. The van der Waals surface area contributed by atoms with Gasteiger partial charge in [0.1, 0.15) is 17.0 Å². The normalized spacial score (nSPS) is 23.1. The molecule has 3 aliphatic rings. The standard InChI is InChI=1S/C24H19F3N2O5/c1-28-17-10-9-14(32-2)12-15(17)23(22(28)31)19(21(30)33-3)20(24(25,26)27)29-16-7-5-4-6-13(16)8-11-18(29)34-23/h4-12,18H,1-3H3/t18-,23+/m1/s1. The van der Waals surface area contributed by atoms with Crippen molar-refractivity contribution in [1.29, 1.82) is 0 Å². The number of hydrogen-bond donors (Lipinski definition) is 0. The first-order valence-corrected chi connectivity index (χ1v) is 10.3. The zero-order valence-electron chi connectivity index (χ0n) is 18.3. The number of halogens is 3. The number of fused-ring (bicyclic) bond motifs is 5. The average molecular weight is 472 g/mol. The third kappa shape index (κ3) is 2.81. The molecular formula is C24H19F3N2O5. The Morgan fingerprint density at radius 3 is 2.53 bits per heavy atom. The van der Waals surface area contributed by atoms with Gasteiger partial charge in [-0.15, -0.1) is 0 Å². The summed E-state index contributed by atoms with van der Waals surface area (Å²) in [6.45, 7) is 0. The van der Waals surface area contributed by atoms with Crippen molar-refractivity contribution in [2.24, 2.45) is 0 Å². The quantitative estimate of drug-likeness (QED) is 0.621. The van der Waals surface area contributed by atoms with Crippen LogP contribution in [0.3, 0.4) is 0 Å². The summed E-state index contributed by atoms with van der Waals surface area (Å²) in [6.07, 6.45) is -3.31. The smallest absolute Gasteiger partial charge is 0.432 e. The minimum absolute atomic E-state index is 0.0633. The van der Waals surface area contributed by atoms with Crippen molar-refractivity contribution in [2.75, 3.05) is 31.1 Å². The predicted molar refractivity (Wildman–Crippen MR) is 116 cm³/mol. The number of likely N-dealkylation sites (N-methyl/N-ethyl adjacent to an activating group) is 1. The van der Waals surface area contributed by atoms with Crippen LogP contribution in [0.25, 0.3) is 6.08 Å². The third-order valence-corrected chi connectivity index (χ3v) is 6.23. The van der Waals surface area contributed by atoms with Gasteiger partial charge >= 0.3 is 12.1 Å². The van der Waals surface area contributed by atoms with E-state index >= 15 is 0 Å². The van der Waals surface area contributed by atoms with Gasteiger partial charge in [-0.2, -0.15) is 13.2 Å². The van der Waals surface area contributed by atoms with Crippen LogP contribution in [0.1, 0.15) is 11.1 Å². The third-order valence-electron chi connectivity index (χ3n) is 6.23. The highest BCUT2D eigenvalue weighted by Crippen LogP contribution is 2.56. The molecule has 176 valence electrons. The number of esters is 1. The van der Waals surface area contributed by atoms with Crippen LogP contribution < -0.4 is 14.5 Å². The van der Waals surface area contributed by atoms with E-state index in [1.807, 2.05) is 0 Å². The van der Waals surface area contributed by atoms with E-state index in [1.54, 1.807) is 30.3 Å². The molecule has 0 fully saturated rings. The van der Waals surface area contributed by atoms with Crippen LogP contribution in [0.5, 0.6) is 5.75 Å². The summed E-state index contributed by atoms with van der Waals surface area (Å²) >= 11 is 0. The summed E-state index contributed by atoms with van der Waals surface area (Å²) in [5.41, 5.74) is -3.60. The van der Waals surface area contributed by atoms with Crippen molar-refractivity contribution >= 4 is 29.3 Å². The molecule has 0 saturated heterocycles. The molecule has 7 nitrogen and oxygen atoms in total. The lowest BCUT2D eigenvalue weighted by molar-refractivity contribution is -0.160. The molecule has 1 amide bonds. The lowest BCUT2D eigenvalue weighted by atomic mass is 9.82. The van der Waals surface area contributed by atoms with Gasteiger partial charge < -0.3 is 24.0 Å². The number of ether oxygens (including phenoxy) is 3. The highest BCUT2D eigenvalue weighted by atomic mass is 19.4. The molecule has 0 radical (unpaired) electrons. The first-order valence-electron chi connectivity index (χ1n) is 10.3. The number of rotatable bonds is 2. The number of alkyl halides is 3. The molecular weight excluding hydrogens is 453 g/mol. The van der Waals surface area contributed by atoms with E-state index < -0.39 is 41.2 Å². The monoisotopic (exact) mass is 472 g/mol. The molecule has 0 aromatic heterocycles. The average Bonchev–Trinajstić information content (AvgIpc) is 3.03. The van der Waals surface area contributed by atoms with Gasteiger partial charge in [0, 0.05) is 12.6 Å². The fourth-order valence-electron chi connectivity index (χ4n) is 4.78. The maximum absolute atomic E-state index is 14.8. The predicted octanol–water partition coefficient (Wildman–Crippen LogP) is 3.75. The number of allylic oxidation sites excluding steroid dienone is 1. The van der Waals surface area contributed by atoms with Gasteiger partial charge in [-0.05, 0) is 35.9 Å². The number of benzene rings is 2. The molecule has 0 saturated carbocycles. The molecule has 0 aliphatic carbocycles. The van der Waals surface area contributed by atoms with E-state index in [0.29, 0.717) is 11.3 Å². The van der Waals surface area contributed by atoms with Gasteiger partial charge in [-0.25, -0.2) is 4.79 Å². The van der Waals surface area contributed by atoms with Gasteiger partial charge in [0.25, 0.3) is 5.91 Å². The van der Waals surface area contributed by atoms with E-state index in [9.17, 15) is 22.8 Å². The first-order chi connectivity index (χ1) is 16.1. The van der Waals surface area contributed by atoms with E-state index in [-0.39, 0.29) is 17.0 Å². The van der Waals surface area contributed by atoms with Gasteiger partial charge in [0.05, 0.1) is 25.6 Å². The Kier molecular flexibility index (Phi) is 4.77. The fourth-order valence-corrected chi connectivity index (χ4v) is 4.78. The first kappa shape index (κ1) is 22.0. The number of hydrogen-bond acceptors (Lipinski definition) is 6. The van der Waals surface area contributed by atoms with Crippen LogP contribution in [0.2, 0.25) is 0 Å². The second-order valence-corrected chi connectivity index (χ2v) is 7.94. The lowest BCUT2D eigenvalue weighted by Crippen LogP contribution is -2.58. The van der Waals surface area contributed by atoms with E-state index in [4.69, 9.17) is 14.2 Å². The van der Waals surface area contributed by atoms with Crippen molar-refractivity contribution in [3.8, 4) is 5.75 Å². The SMILES string of the molecule is COC(=O)C1=C(C(F)(F)F)N2c3ccccc3C=C[C@H]2O[C@]12C(=O)N(C)c1ccc(OC)cc12. The summed E-state index contributed by atoms with van der Waals surface area (Å²) < 4.78 is 60.6. The number of carbonyl (C=O) groups is 2.